The third kappa shape index (κ3) is 1.76. The fraction of sp³-hybridized carbons (Fsp3) is 0.231. The molecule has 1 amide bonds. The maximum Gasteiger partial charge on any atom is 0.227 e. The van der Waals surface area contributed by atoms with Crippen LogP contribution in [0.3, 0.4) is 0 Å². The first-order chi connectivity index (χ1) is 8.25. The van der Waals surface area contributed by atoms with Crippen LogP contribution in [0.25, 0.3) is 10.8 Å². The fourth-order valence-corrected chi connectivity index (χ4v) is 2.43. The topological polar surface area (TPSA) is 33.2 Å². The highest BCUT2D eigenvalue weighted by Gasteiger charge is 2.21. The number of anilines is 1. The average Bonchev–Trinajstić information content (AvgIpc) is 2.76. The number of hydrogen-bond donors (Lipinski definition) is 0. The van der Waals surface area contributed by atoms with Crippen LogP contribution < -0.4 is 4.90 Å². The SMILES string of the molecule is O=C1CCCN1c1ccc2cncc(Cl)c2c1. The lowest BCUT2D eigenvalue weighted by Crippen LogP contribution is -2.23. The lowest BCUT2D eigenvalue weighted by Gasteiger charge is -2.16. The van der Waals surface area contributed by atoms with E-state index in [1.165, 1.54) is 0 Å². The molecule has 1 aromatic heterocycles. The number of carbonyl (C=O) groups is 1. The summed E-state index contributed by atoms with van der Waals surface area (Å²) in [5.74, 6) is 0.189. The second kappa shape index (κ2) is 4.00. The number of carbonyl (C=O) groups excluding carboxylic acids is 1. The number of hydrogen-bond acceptors (Lipinski definition) is 2. The van der Waals surface area contributed by atoms with E-state index in [-0.39, 0.29) is 5.91 Å². The van der Waals surface area contributed by atoms with Crippen LogP contribution >= 0.6 is 11.6 Å². The van der Waals surface area contributed by atoms with Crippen LogP contribution in [0.1, 0.15) is 12.8 Å². The van der Waals surface area contributed by atoms with Gasteiger partial charge in [0.2, 0.25) is 5.91 Å². The molecule has 4 heteroatoms. The highest BCUT2D eigenvalue weighted by molar-refractivity contribution is 6.35. The van der Waals surface area contributed by atoms with E-state index in [1.807, 2.05) is 23.1 Å². The molecule has 1 fully saturated rings. The van der Waals surface area contributed by atoms with Crippen molar-refractivity contribution in [2.75, 3.05) is 11.4 Å². The average molecular weight is 247 g/mol. The first-order valence-electron chi connectivity index (χ1n) is 5.59. The molecule has 1 aliphatic rings. The summed E-state index contributed by atoms with van der Waals surface area (Å²) in [6.07, 6.45) is 4.97. The number of halogens is 1. The lowest BCUT2D eigenvalue weighted by molar-refractivity contribution is -0.117. The van der Waals surface area contributed by atoms with E-state index in [0.717, 1.165) is 29.4 Å². The van der Waals surface area contributed by atoms with E-state index >= 15 is 0 Å². The van der Waals surface area contributed by atoms with Gasteiger partial charge in [0, 0.05) is 41.8 Å². The molecule has 17 heavy (non-hydrogen) atoms. The Morgan fingerprint density at radius 3 is 2.94 bits per heavy atom. The molecule has 1 saturated heterocycles. The van der Waals surface area contributed by atoms with Gasteiger partial charge in [-0.2, -0.15) is 0 Å². The predicted octanol–water partition coefficient (Wildman–Crippen LogP) is 3.02. The quantitative estimate of drug-likeness (QED) is 0.775. The van der Waals surface area contributed by atoms with Crippen LogP contribution in [-0.4, -0.2) is 17.4 Å². The van der Waals surface area contributed by atoms with Crippen molar-refractivity contribution < 1.29 is 4.79 Å². The van der Waals surface area contributed by atoms with Gasteiger partial charge in [0.05, 0.1) is 5.02 Å². The Morgan fingerprint density at radius 1 is 1.29 bits per heavy atom. The lowest BCUT2D eigenvalue weighted by atomic mass is 10.1. The summed E-state index contributed by atoms with van der Waals surface area (Å²) in [5, 5.41) is 2.56. The van der Waals surface area contributed by atoms with Crippen molar-refractivity contribution in [2.24, 2.45) is 0 Å². The first-order valence-corrected chi connectivity index (χ1v) is 5.97. The Kier molecular flexibility index (Phi) is 2.48. The number of aromatic nitrogens is 1. The molecule has 0 radical (unpaired) electrons. The van der Waals surface area contributed by atoms with Gasteiger partial charge in [0.25, 0.3) is 0 Å². The Bertz CT molecular complexity index is 597. The highest BCUT2D eigenvalue weighted by atomic mass is 35.5. The standard InChI is InChI=1S/C13H11ClN2O/c14-12-8-15-7-9-3-4-10(6-11(9)12)16-5-1-2-13(16)17/h3-4,6-8H,1-2,5H2. The van der Waals surface area contributed by atoms with E-state index in [2.05, 4.69) is 4.98 Å². The molecule has 3 rings (SSSR count). The van der Waals surface area contributed by atoms with Gasteiger partial charge in [0.1, 0.15) is 0 Å². The fourth-order valence-electron chi connectivity index (χ4n) is 2.21. The molecule has 0 N–H and O–H groups in total. The van der Waals surface area contributed by atoms with Crippen LogP contribution in [-0.2, 0) is 4.79 Å². The molecular formula is C13H11ClN2O. The molecule has 2 heterocycles. The van der Waals surface area contributed by atoms with E-state index < -0.39 is 0 Å². The minimum absolute atomic E-state index is 0.189. The van der Waals surface area contributed by atoms with Gasteiger partial charge in [-0.3, -0.25) is 9.78 Å². The largest absolute Gasteiger partial charge is 0.312 e. The Labute approximate surface area is 104 Å². The zero-order valence-corrected chi connectivity index (χ0v) is 9.94. The van der Waals surface area contributed by atoms with Crippen LogP contribution in [0.4, 0.5) is 5.69 Å². The van der Waals surface area contributed by atoms with Crippen molar-refractivity contribution in [3.63, 3.8) is 0 Å². The number of nitrogens with zero attached hydrogens (tertiary/aromatic N) is 2. The molecule has 0 bridgehead atoms. The minimum Gasteiger partial charge on any atom is -0.312 e. The smallest absolute Gasteiger partial charge is 0.227 e. The van der Waals surface area contributed by atoms with Gasteiger partial charge in [-0.25, -0.2) is 0 Å². The summed E-state index contributed by atoms with van der Waals surface area (Å²) in [6, 6.07) is 5.86. The molecule has 0 atom stereocenters. The highest BCUT2D eigenvalue weighted by Crippen LogP contribution is 2.29. The van der Waals surface area contributed by atoms with Crippen molar-refractivity contribution >= 4 is 34.0 Å². The third-order valence-electron chi connectivity index (χ3n) is 3.08. The number of pyridine rings is 1. The molecule has 2 aromatic rings. The molecule has 0 spiro atoms. The van der Waals surface area contributed by atoms with Crippen molar-refractivity contribution in [3.8, 4) is 0 Å². The molecule has 3 nitrogen and oxygen atoms in total. The van der Waals surface area contributed by atoms with Gasteiger partial charge >= 0.3 is 0 Å². The zero-order chi connectivity index (χ0) is 11.8. The summed E-state index contributed by atoms with van der Waals surface area (Å²) >= 11 is 6.11. The van der Waals surface area contributed by atoms with E-state index in [4.69, 9.17) is 11.6 Å². The van der Waals surface area contributed by atoms with Gasteiger partial charge in [-0.15, -0.1) is 0 Å². The number of rotatable bonds is 1. The van der Waals surface area contributed by atoms with Gasteiger partial charge in [-0.1, -0.05) is 17.7 Å². The summed E-state index contributed by atoms with van der Waals surface area (Å²) in [7, 11) is 0. The molecular weight excluding hydrogens is 236 g/mol. The molecule has 86 valence electrons. The molecule has 1 aliphatic heterocycles. The van der Waals surface area contributed by atoms with Gasteiger partial charge in [-0.05, 0) is 18.6 Å². The van der Waals surface area contributed by atoms with Crippen LogP contribution in [0.15, 0.2) is 30.6 Å². The Hall–Kier alpha value is -1.61. The van der Waals surface area contributed by atoms with Crippen molar-refractivity contribution in [3.05, 3.63) is 35.6 Å². The first kappa shape index (κ1) is 10.5. The zero-order valence-electron chi connectivity index (χ0n) is 9.19. The van der Waals surface area contributed by atoms with Crippen LogP contribution in [0, 0.1) is 0 Å². The predicted molar refractivity (Wildman–Crippen MR) is 68.3 cm³/mol. The summed E-state index contributed by atoms with van der Waals surface area (Å²) in [5.41, 5.74) is 0.924. The minimum atomic E-state index is 0.189. The normalized spacial score (nSPS) is 15.8. The second-order valence-electron chi connectivity index (χ2n) is 4.18. The monoisotopic (exact) mass is 246 g/mol. The maximum atomic E-state index is 11.7. The van der Waals surface area contributed by atoms with Crippen LogP contribution in [0.2, 0.25) is 5.02 Å². The van der Waals surface area contributed by atoms with E-state index in [9.17, 15) is 4.79 Å². The molecule has 0 aliphatic carbocycles. The summed E-state index contributed by atoms with van der Waals surface area (Å²) < 4.78 is 0. The van der Waals surface area contributed by atoms with Crippen LogP contribution in [0.5, 0.6) is 0 Å². The summed E-state index contributed by atoms with van der Waals surface area (Å²) in [6.45, 7) is 0.799. The van der Waals surface area contributed by atoms with E-state index in [1.54, 1.807) is 12.4 Å². The number of fused-ring (bicyclic) bond motifs is 1. The second-order valence-corrected chi connectivity index (χ2v) is 4.58. The number of benzene rings is 1. The molecule has 0 unspecified atom stereocenters. The molecule has 1 aromatic carbocycles. The van der Waals surface area contributed by atoms with Gasteiger partial charge < -0.3 is 4.90 Å². The Morgan fingerprint density at radius 2 is 2.18 bits per heavy atom. The Balaban J connectivity index is 2.13. The van der Waals surface area contributed by atoms with Crippen molar-refractivity contribution in [1.29, 1.82) is 0 Å². The van der Waals surface area contributed by atoms with Crippen molar-refractivity contribution in [2.45, 2.75) is 12.8 Å². The maximum absolute atomic E-state index is 11.7. The number of amides is 1. The van der Waals surface area contributed by atoms with Crippen molar-refractivity contribution in [1.82, 2.24) is 4.98 Å². The third-order valence-corrected chi connectivity index (χ3v) is 3.38. The van der Waals surface area contributed by atoms with E-state index in [0.29, 0.717) is 11.4 Å². The van der Waals surface area contributed by atoms with Gasteiger partial charge in [0.15, 0.2) is 0 Å². The summed E-state index contributed by atoms with van der Waals surface area (Å²) in [4.78, 5) is 17.5. The molecule has 0 saturated carbocycles.